The normalized spacial score (nSPS) is 14.8. The van der Waals surface area contributed by atoms with E-state index in [1.54, 1.807) is 0 Å². The van der Waals surface area contributed by atoms with Crippen LogP contribution in [0.1, 0.15) is 285 Å². The summed E-state index contributed by atoms with van der Waals surface area (Å²) in [6, 6.07) is 0. The van der Waals surface area contributed by atoms with Crippen LogP contribution in [0.25, 0.3) is 0 Å². The minimum absolute atomic E-state index is 0.0680. The van der Waals surface area contributed by atoms with E-state index in [1.165, 1.54) is 12.8 Å². The van der Waals surface area contributed by atoms with Gasteiger partial charge < -0.3 is 33.8 Å². The fourth-order valence-corrected chi connectivity index (χ4v) is 11.1. The number of carbonyl (C=O) groups is 4. The van der Waals surface area contributed by atoms with Gasteiger partial charge in [0.15, 0.2) is 12.2 Å². The standard InChI is InChI=1S/C81H134O17P2/c1-5-9-13-17-21-25-29-32-35-37-40-42-46-49-53-57-61-65-78(83)91-71-76(97-80(85)67-63-59-55-51-45-28-24-20-16-12-8-4)73-95-99(87,88)93-69-75(82)70-94-100(89,90)96-74-77(98-81(86)68-64-60-56-52-48-44-39-34-31-27-23-19-15-11-7-3)72-92-79(84)66-62-58-54-50-47-43-41-38-36-33-30-26-22-18-14-10-6-2/h9-11,13-15,20-27,32-36,39-40,42,49,53,75-77,82H,5-8,12,16-19,28-31,37-38,41,43-48,50-52,54-74H2,1-4H3,(H,87,88)(H,89,90)/b13-9-,14-10-,15-11-,24-20-,25-21-,26-22-,27-23-,35-32-,36-33-,39-34-,42-40-,53-49-. The molecule has 0 saturated heterocycles. The molecule has 0 aliphatic carbocycles. The quantitative estimate of drug-likeness (QED) is 0.0169. The summed E-state index contributed by atoms with van der Waals surface area (Å²) in [6.07, 6.45) is 81.4. The van der Waals surface area contributed by atoms with Crippen LogP contribution in [0.5, 0.6) is 0 Å². The first-order valence-electron chi connectivity index (χ1n) is 38.1. The van der Waals surface area contributed by atoms with Gasteiger partial charge in [0.1, 0.15) is 19.3 Å². The van der Waals surface area contributed by atoms with Gasteiger partial charge in [-0.3, -0.25) is 37.3 Å². The maximum absolute atomic E-state index is 13.1. The topological polar surface area (TPSA) is 237 Å². The van der Waals surface area contributed by atoms with Crippen LogP contribution in [0.15, 0.2) is 146 Å². The second kappa shape index (κ2) is 72.3. The van der Waals surface area contributed by atoms with Gasteiger partial charge in [-0.25, -0.2) is 9.13 Å². The predicted molar refractivity (Wildman–Crippen MR) is 408 cm³/mol. The van der Waals surface area contributed by atoms with Crippen molar-refractivity contribution < 1.29 is 80.2 Å². The lowest BCUT2D eigenvalue weighted by atomic mass is 10.1. The van der Waals surface area contributed by atoms with Crippen LogP contribution < -0.4 is 0 Å². The highest BCUT2D eigenvalue weighted by molar-refractivity contribution is 7.47. The lowest BCUT2D eigenvalue weighted by molar-refractivity contribution is -0.161. The SMILES string of the molecule is CC/C=C\C/C=C\C/C=C\C/C=C\C/C=C\CCCC(=O)OCC(COP(=O)(O)OCC(O)COP(=O)(O)OCC(COC(=O)CCCCCCCCC/C=C\C/C=C\C/C=C\CC)OC(=O)CCCCCCC/C=C\C/C=C\C/C=C\CC)OC(=O)CCCCCCC/C=C\CCCC. The molecule has 0 fully saturated rings. The average Bonchev–Trinajstić information content (AvgIpc) is 0.989. The molecular formula is C81H134O17P2. The Labute approximate surface area is 605 Å². The van der Waals surface area contributed by atoms with Crippen molar-refractivity contribution in [3.8, 4) is 0 Å². The molecule has 100 heavy (non-hydrogen) atoms. The Hall–Kier alpha value is -5.06. The van der Waals surface area contributed by atoms with E-state index in [9.17, 15) is 43.2 Å². The molecule has 0 aromatic heterocycles. The number of phosphoric acid groups is 2. The number of hydrogen-bond donors (Lipinski definition) is 3. The summed E-state index contributed by atoms with van der Waals surface area (Å²) in [6.45, 7) is 4.38. The number of hydrogen-bond acceptors (Lipinski definition) is 15. The number of unbranched alkanes of at least 4 members (excludes halogenated alkanes) is 20. The lowest BCUT2D eigenvalue weighted by Gasteiger charge is -2.21. The smallest absolute Gasteiger partial charge is 0.462 e. The van der Waals surface area contributed by atoms with E-state index < -0.39 is 97.5 Å². The molecule has 0 bridgehead atoms. The highest BCUT2D eigenvalue weighted by Gasteiger charge is 2.30. The van der Waals surface area contributed by atoms with E-state index in [0.717, 1.165) is 186 Å². The monoisotopic (exact) mass is 1440 g/mol. The Kier molecular flexibility index (Phi) is 68.6. The number of allylic oxidation sites excluding steroid dienone is 24. The summed E-state index contributed by atoms with van der Waals surface area (Å²) in [5, 5.41) is 10.6. The minimum atomic E-state index is -4.99. The molecule has 0 heterocycles. The first-order valence-corrected chi connectivity index (χ1v) is 41.1. The van der Waals surface area contributed by atoms with Crippen molar-refractivity contribution in [1.82, 2.24) is 0 Å². The van der Waals surface area contributed by atoms with Crippen molar-refractivity contribution in [2.24, 2.45) is 0 Å². The zero-order valence-corrected chi connectivity index (χ0v) is 63.9. The molecule has 3 N–H and O–H groups in total. The number of aliphatic hydroxyl groups is 1. The molecule has 0 aliphatic heterocycles. The van der Waals surface area contributed by atoms with Crippen LogP contribution >= 0.6 is 15.6 Å². The lowest BCUT2D eigenvalue weighted by Crippen LogP contribution is -2.30. The van der Waals surface area contributed by atoms with Gasteiger partial charge in [-0.15, -0.1) is 0 Å². The van der Waals surface area contributed by atoms with Gasteiger partial charge in [0.2, 0.25) is 0 Å². The number of aliphatic hydroxyl groups excluding tert-OH is 1. The molecule has 570 valence electrons. The highest BCUT2D eigenvalue weighted by Crippen LogP contribution is 2.45. The number of phosphoric ester groups is 2. The van der Waals surface area contributed by atoms with E-state index in [1.807, 2.05) is 12.2 Å². The van der Waals surface area contributed by atoms with Crippen molar-refractivity contribution in [3.63, 3.8) is 0 Å². The van der Waals surface area contributed by atoms with Crippen LogP contribution in [0.2, 0.25) is 0 Å². The zero-order valence-electron chi connectivity index (χ0n) is 62.1. The van der Waals surface area contributed by atoms with E-state index in [4.69, 9.17) is 37.0 Å². The predicted octanol–water partition coefficient (Wildman–Crippen LogP) is 21.9. The van der Waals surface area contributed by atoms with Gasteiger partial charge in [-0.1, -0.05) is 257 Å². The Morgan fingerprint density at radius 1 is 0.290 bits per heavy atom. The van der Waals surface area contributed by atoms with Gasteiger partial charge in [0.25, 0.3) is 0 Å². The third kappa shape index (κ3) is 71.3. The summed E-state index contributed by atoms with van der Waals surface area (Å²) in [5.41, 5.74) is 0. The van der Waals surface area contributed by atoms with Crippen LogP contribution in [-0.4, -0.2) is 96.7 Å². The third-order valence-corrected chi connectivity index (χ3v) is 17.2. The Morgan fingerprint density at radius 3 is 0.850 bits per heavy atom. The molecule has 19 heteroatoms. The second-order valence-electron chi connectivity index (χ2n) is 24.8. The summed E-state index contributed by atoms with van der Waals surface area (Å²) in [7, 11) is -9.98. The van der Waals surface area contributed by atoms with Gasteiger partial charge >= 0.3 is 39.5 Å². The summed E-state index contributed by atoms with van der Waals surface area (Å²) in [4.78, 5) is 72.8. The Morgan fingerprint density at radius 2 is 0.530 bits per heavy atom. The largest absolute Gasteiger partial charge is 0.472 e. The molecule has 17 nitrogen and oxygen atoms in total. The Bertz CT molecular complexity index is 2470. The summed E-state index contributed by atoms with van der Waals surface area (Å²) >= 11 is 0. The highest BCUT2D eigenvalue weighted by atomic mass is 31.2. The fourth-order valence-electron chi connectivity index (χ4n) is 9.56. The molecule has 0 rings (SSSR count). The van der Waals surface area contributed by atoms with E-state index in [-0.39, 0.29) is 25.7 Å². The third-order valence-electron chi connectivity index (χ3n) is 15.3. The van der Waals surface area contributed by atoms with Crippen LogP contribution in [0, 0.1) is 0 Å². The van der Waals surface area contributed by atoms with Crippen LogP contribution in [-0.2, 0) is 65.4 Å². The van der Waals surface area contributed by atoms with E-state index >= 15 is 0 Å². The molecule has 5 unspecified atom stereocenters. The molecule has 0 aromatic rings. The minimum Gasteiger partial charge on any atom is -0.462 e. The van der Waals surface area contributed by atoms with Gasteiger partial charge in [0, 0.05) is 25.7 Å². The molecule has 0 aromatic carbocycles. The van der Waals surface area contributed by atoms with Gasteiger partial charge in [-0.05, 0) is 148 Å². The zero-order chi connectivity index (χ0) is 73.2. The molecule has 0 spiro atoms. The molecule has 0 saturated carbocycles. The molecular weight excluding hydrogens is 1310 g/mol. The molecule has 0 aliphatic rings. The van der Waals surface area contributed by atoms with Crippen molar-refractivity contribution in [2.45, 2.75) is 303 Å². The maximum Gasteiger partial charge on any atom is 0.472 e. The molecule has 0 radical (unpaired) electrons. The molecule has 0 amide bonds. The number of esters is 4. The van der Waals surface area contributed by atoms with E-state index in [0.29, 0.717) is 32.1 Å². The first-order chi connectivity index (χ1) is 48.7. The maximum atomic E-state index is 13.1. The van der Waals surface area contributed by atoms with Crippen molar-refractivity contribution in [1.29, 1.82) is 0 Å². The van der Waals surface area contributed by atoms with Crippen LogP contribution in [0.4, 0.5) is 0 Å². The second-order valence-corrected chi connectivity index (χ2v) is 27.7. The summed E-state index contributed by atoms with van der Waals surface area (Å²) < 4.78 is 68.4. The van der Waals surface area contributed by atoms with E-state index in [2.05, 4.69) is 161 Å². The summed E-state index contributed by atoms with van der Waals surface area (Å²) in [5.74, 6) is -2.29. The number of rotatable bonds is 70. The average molecular weight is 1440 g/mol. The van der Waals surface area contributed by atoms with Gasteiger partial charge in [-0.2, -0.15) is 0 Å². The van der Waals surface area contributed by atoms with Crippen molar-refractivity contribution >= 4 is 39.5 Å². The number of carbonyl (C=O) groups excluding carboxylic acids is 4. The Balaban J connectivity index is 5.40. The van der Waals surface area contributed by atoms with Crippen LogP contribution in [0.3, 0.4) is 0 Å². The first kappa shape index (κ1) is 94.9. The fraction of sp³-hybridized carbons (Fsp3) is 0.654. The number of ether oxygens (including phenoxy) is 4. The molecule has 5 atom stereocenters. The van der Waals surface area contributed by atoms with Gasteiger partial charge in [0.05, 0.1) is 26.4 Å². The van der Waals surface area contributed by atoms with Crippen molar-refractivity contribution in [2.75, 3.05) is 39.6 Å². The van der Waals surface area contributed by atoms with Crippen molar-refractivity contribution in [3.05, 3.63) is 146 Å².